The van der Waals surface area contributed by atoms with Gasteiger partial charge < -0.3 is 15.3 Å². The van der Waals surface area contributed by atoms with Gasteiger partial charge in [-0.05, 0) is 18.9 Å². The van der Waals surface area contributed by atoms with Crippen molar-refractivity contribution in [3.8, 4) is 5.75 Å². The predicted molar refractivity (Wildman–Crippen MR) is 57.8 cm³/mol. The Kier molecular flexibility index (Phi) is 2.53. The highest BCUT2D eigenvalue weighted by Crippen LogP contribution is 2.50. The second kappa shape index (κ2) is 3.76. The second-order valence-corrected chi connectivity index (χ2v) is 4.35. The summed E-state index contributed by atoms with van der Waals surface area (Å²) in [6.45, 7) is 0. The van der Waals surface area contributed by atoms with Crippen LogP contribution in [0.25, 0.3) is 0 Å². The molecule has 0 aromatic heterocycles. The first-order chi connectivity index (χ1) is 7.97. The molecule has 0 radical (unpaired) electrons. The van der Waals surface area contributed by atoms with Crippen LogP contribution in [-0.4, -0.2) is 27.3 Å². The summed E-state index contributed by atoms with van der Waals surface area (Å²) in [7, 11) is 0. The van der Waals surface area contributed by atoms with Crippen LogP contribution in [0.4, 0.5) is 0 Å². The van der Waals surface area contributed by atoms with Crippen LogP contribution in [-0.2, 0) is 15.0 Å². The molecule has 0 bridgehead atoms. The lowest BCUT2D eigenvalue weighted by Gasteiger charge is -2.42. The largest absolute Gasteiger partial charge is 0.508 e. The van der Waals surface area contributed by atoms with Gasteiger partial charge in [0, 0.05) is 5.56 Å². The molecule has 5 nitrogen and oxygen atoms in total. The number of phenols is 1. The lowest BCUT2D eigenvalue weighted by atomic mass is 9.58. The van der Waals surface area contributed by atoms with Crippen LogP contribution in [0, 0.1) is 5.92 Å². The van der Waals surface area contributed by atoms with E-state index in [4.69, 9.17) is 5.11 Å². The fourth-order valence-electron chi connectivity index (χ4n) is 2.34. The molecule has 1 aromatic rings. The number of rotatable bonds is 3. The van der Waals surface area contributed by atoms with E-state index in [1.165, 1.54) is 12.1 Å². The normalized spacial score (nSPS) is 27.2. The first-order valence-corrected chi connectivity index (χ1v) is 5.22. The van der Waals surface area contributed by atoms with Crippen molar-refractivity contribution in [2.45, 2.75) is 18.3 Å². The minimum Gasteiger partial charge on any atom is -0.508 e. The van der Waals surface area contributed by atoms with Crippen LogP contribution < -0.4 is 0 Å². The minimum absolute atomic E-state index is 0.0231. The molecule has 3 N–H and O–H groups in total. The maximum absolute atomic E-state index is 11.3. The van der Waals surface area contributed by atoms with Crippen molar-refractivity contribution in [1.82, 2.24) is 0 Å². The minimum atomic E-state index is -1.26. The second-order valence-electron chi connectivity index (χ2n) is 4.35. The maximum Gasteiger partial charge on any atom is 0.314 e. The summed E-state index contributed by atoms with van der Waals surface area (Å²) in [6, 6.07) is 6.17. The summed E-state index contributed by atoms with van der Waals surface area (Å²) < 4.78 is 0. The van der Waals surface area contributed by atoms with Crippen LogP contribution in [0.3, 0.4) is 0 Å². The van der Waals surface area contributed by atoms with E-state index in [2.05, 4.69) is 0 Å². The number of para-hydroxylation sites is 1. The highest BCUT2D eigenvalue weighted by Gasteiger charge is 2.55. The molecule has 1 fully saturated rings. The SMILES string of the molecule is O=C(O)C1CC(C(=O)O)(c2ccccc2O)C1. The fraction of sp³-hybridized carbons (Fsp3) is 0.333. The molecular weight excluding hydrogens is 224 g/mol. The van der Waals surface area contributed by atoms with Gasteiger partial charge in [0.25, 0.3) is 0 Å². The van der Waals surface area contributed by atoms with Gasteiger partial charge in [-0.2, -0.15) is 0 Å². The standard InChI is InChI=1S/C12H12O5/c13-9-4-2-1-3-8(9)12(11(16)17)5-7(6-12)10(14)15/h1-4,7,13H,5-6H2,(H,14,15)(H,16,17). The van der Waals surface area contributed by atoms with E-state index >= 15 is 0 Å². The Morgan fingerprint density at radius 1 is 1.18 bits per heavy atom. The Hall–Kier alpha value is -2.04. The molecular formula is C12H12O5. The van der Waals surface area contributed by atoms with Gasteiger partial charge in [-0.15, -0.1) is 0 Å². The van der Waals surface area contributed by atoms with E-state index in [1.54, 1.807) is 12.1 Å². The number of aliphatic carboxylic acids is 2. The fourth-order valence-corrected chi connectivity index (χ4v) is 2.34. The number of hydrogen-bond donors (Lipinski definition) is 3. The van der Waals surface area contributed by atoms with Gasteiger partial charge in [0.15, 0.2) is 0 Å². The van der Waals surface area contributed by atoms with Crippen LogP contribution in [0.2, 0.25) is 0 Å². The Morgan fingerprint density at radius 2 is 1.76 bits per heavy atom. The average Bonchev–Trinajstić information content (AvgIpc) is 2.17. The Bertz CT molecular complexity index is 474. The van der Waals surface area contributed by atoms with E-state index in [9.17, 15) is 19.8 Å². The number of hydrogen-bond acceptors (Lipinski definition) is 3. The Balaban J connectivity index is 2.36. The number of phenolic OH excluding ortho intramolecular Hbond substituents is 1. The number of carboxylic acids is 2. The van der Waals surface area contributed by atoms with E-state index in [0.29, 0.717) is 5.56 Å². The Morgan fingerprint density at radius 3 is 2.24 bits per heavy atom. The molecule has 1 aromatic carbocycles. The summed E-state index contributed by atoms with van der Waals surface area (Å²) in [5, 5.41) is 27.7. The molecule has 1 aliphatic carbocycles. The monoisotopic (exact) mass is 236 g/mol. The Labute approximate surface area is 97.3 Å². The average molecular weight is 236 g/mol. The molecule has 0 spiro atoms. The molecule has 5 heteroatoms. The summed E-state index contributed by atoms with van der Waals surface area (Å²) >= 11 is 0. The molecule has 0 amide bonds. The maximum atomic E-state index is 11.3. The van der Waals surface area contributed by atoms with Crippen LogP contribution in [0.5, 0.6) is 5.75 Å². The predicted octanol–water partition coefficient (Wildman–Crippen LogP) is 1.21. The van der Waals surface area contributed by atoms with E-state index in [1.807, 2.05) is 0 Å². The number of benzene rings is 1. The summed E-state index contributed by atoms with van der Waals surface area (Å²) in [5.41, 5.74) is -0.959. The molecule has 0 heterocycles. The highest BCUT2D eigenvalue weighted by molar-refractivity contribution is 5.87. The molecule has 1 saturated carbocycles. The molecule has 17 heavy (non-hydrogen) atoms. The third-order valence-corrected chi connectivity index (χ3v) is 3.37. The van der Waals surface area contributed by atoms with Gasteiger partial charge in [0.2, 0.25) is 0 Å². The lowest BCUT2D eigenvalue weighted by Crippen LogP contribution is -2.50. The van der Waals surface area contributed by atoms with E-state index in [-0.39, 0.29) is 18.6 Å². The number of carbonyl (C=O) groups is 2. The van der Waals surface area contributed by atoms with Gasteiger partial charge >= 0.3 is 11.9 Å². The van der Waals surface area contributed by atoms with Crippen molar-refractivity contribution in [3.63, 3.8) is 0 Å². The van der Waals surface area contributed by atoms with Crippen molar-refractivity contribution in [1.29, 1.82) is 0 Å². The van der Waals surface area contributed by atoms with Gasteiger partial charge in [0.1, 0.15) is 5.75 Å². The van der Waals surface area contributed by atoms with Crippen LogP contribution in [0.1, 0.15) is 18.4 Å². The van der Waals surface area contributed by atoms with Crippen molar-refractivity contribution >= 4 is 11.9 Å². The van der Waals surface area contributed by atoms with Crippen molar-refractivity contribution in [3.05, 3.63) is 29.8 Å². The van der Waals surface area contributed by atoms with Gasteiger partial charge in [-0.3, -0.25) is 9.59 Å². The molecule has 1 aliphatic rings. The summed E-state index contributed by atoms with van der Waals surface area (Å²) in [4.78, 5) is 22.1. The first kappa shape index (κ1) is 11.4. The molecule has 0 unspecified atom stereocenters. The van der Waals surface area contributed by atoms with E-state index < -0.39 is 23.3 Å². The number of carboxylic acid groups (broad SMARTS) is 2. The van der Waals surface area contributed by atoms with Gasteiger partial charge in [-0.1, -0.05) is 18.2 Å². The van der Waals surface area contributed by atoms with Crippen molar-refractivity contribution in [2.75, 3.05) is 0 Å². The lowest BCUT2D eigenvalue weighted by molar-refractivity contribution is -0.157. The van der Waals surface area contributed by atoms with Gasteiger partial charge in [-0.25, -0.2) is 0 Å². The zero-order chi connectivity index (χ0) is 12.6. The molecule has 0 aliphatic heterocycles. The quantitative estimate of drug-likeness (QED) is 0.733. The summed E-state index contributed by atoms with van der Waals surface area (Å²) in [6.07, 6.45) is 0.0461. The van der Waals surface area contributed by atoms with Crippen LogP contribution in [0.15, 0.2) is 24.3 Å². The van der Waals surface area contributed by atoms with Crippen molar-refractivity contribution in [2.24, 2.45) is 5.92 Å². The molecule has 90 valence electrons. The van der Waals surface area contributed by atoms with Crippen LogP contribution >= 0.6 is 0 Å². The summed E-state index contributed by atoms with van der Waals surface area (Å²) in [5.74, 6) is -2.82. The molecule has 0 saturated heterocycles. The number of aromatic hydroxyl groups is 1. The smallest absolute Gasteiger partial charge is 0.314 e. The third kappa shape index (κ3) is 1.63. The topological polar surface area (TPSA) is 94.8 Å². The highest BCUT2D eigenvalue weighted by atomic mass is 16.4. The van der Waals surface area contributed by atoms with Gasteiger partial charge in [0.05, 0.1) is 11.3 Å². The van der Waals surface area contributed by atoms with E-state index in [0.717, 1.165) is 0 Å². The third-order valence-electron chi connectivity index (χ3n) is 3.37. The van der Waals surface area contributed by atoms with Crippen molar-refractivity contribution < 1.29 is 24.9 Å². The zero-order valence-corrected chi connectivity index (χ0v) is 8.96. The molecule has 0 atom stereocenters. The molecule has 2 rings (SSSR count). The zero-order valence-electron chi connectivity index (χ0n) is 8.96. The first-order valence-electron chi connectivity index (χ1n) is 5.22.